The van der Waals surface area contributed by atoms with Crippen molar-refractivity contribution in [3.63, 3.8) is 0 Å². The molecule has 0 saturated carbocycles. The van der Waals surface area contributed by atoms with Gasteiger partial charge in [0.05, 0.1) is 19.6 Å². The van der Waals surface area contributed by atoms with Crippen LogP contribution in [-0.4, -0.2) is 19.6 Å². The van der Waals surface area contributed by atoms with E-state index >= 15 is 0 Å². The van der Waals surface area contributed by atoms with Crippen LogP contribution in [0.15, 0.2) is 0 Å². The Morgan fingerprint density at radius 2 is 1.87 bits per heavy atom. The Morgan fingerprint density at radius 1 is 1.13 bits per heavy atom. The predicted octanol–water partition coefficient (Wildman–Crippen LogP) is -0.724. The minimum atomic E-state index is 0. The van der Waals surface area contributed by atoms with Crippen molar-refractivity contribution in [1.29, 1.82) is 0 Å². The SMILES string of the molecule is CCCCCCC[NH+]1CCCC(C)C1.[Cl-]. The first kappa shape index (κ1) is 15.2. The maximum absolute atomic E-state index is 2.41. The fraction of sp³-hybridized carbons (Fsp3) is 1.00. The van der Waals surface area contributed by atoms with Gasteiger partial charge in [-0.2, -0.15) is 0 Å². The largest absolute Gasteiger partial charge is 1.00 e. The third-order valence-electron chi connectivity index (χ3n) is 3.50. The Labute approximate surface area is 102 Å². The molecule has 1 nitrogen and oxygen atoms in total. The number of hydrogen-bond acceptors (Lipinski definition) is 0. The van der Waals surface area contributed by atoms with E-state index in [1.54, 1.807) is 0 Å². The van der Waals surface area contributed by atoms with Crippen molar-refractivity contribution in [3.8, 4) is 0 Å². The van der Waals surface area contributed by atoms with Crippen LogP contribution in [0.1, 0.15) is 58.8 Å². The summed E-state index contributed by atoms with van der Waals surface area (Å²) in [5.74, 6) is 0.981. The van der Waals surface area contributed by atoms with E-state index in [2.05, 4.69) is 13.8 Å². The van der Waals surface area contributed by atoms with Crippen LogP contribution < -0.4 is 17.3 Å². The van der Waals surface area contributed by atoms with Crippen LogP contribution in [0.5, 0.6) is 0 Å². The second-order valence-electron chi connectivity index (χ2n) is 5.12. The molecule has 0 amide bonds. The van der Waals surface area contributed by atoms with Gasteiger partial charge in [0.2, 0.25) is 0 Å². The molecule has 0 radical (unpaired) electrons. The van der Waals surface area contributed by atoms with Crippen LogP contribution in [-0.2, 0) is 0 Å². The third kappa shape index (κ3) is 7.19. The number of unbranched alkanes of at least 4 members (excludes halogenated alkanes) is 4. The maximum atomic E-state index is 2.41. The first-order valence-corrected chi connectivity index (χ1v) is 6.66. The van der Waals surface area contributed by atoms with E-state index in [1.165, 1.54) is 64.6 Å². The van der Waals surface area contributed by atoms with E-state index in [9.17, 15) is 0 Å². The number of piperidine rings is 1. The molecule has 0 spiro atoms. The standard InChI is InChI=1S/C13H27N.ClH/c1-3-4-5-6-7-10-14-11-8-9-13(2)12-14;/h13H,3-12H2,1-2H3;1H. The summed E-state index contributed by atoms with van der Waals surface area (Å²) in [5.41, 5.74) is 0. The van der Waals surface area contributed by atoms with Gasteiger partial charge in [-0.1, -0.05) is 33.1 Å². The van der Waals surface area contributed by atoms with Gasteiger partial charge in [0, 0.05) is 5.92 Å². The summed E-state index contributed by atoms with van der Waals surface area (Å²) in [4.78, 5) is 1.88. The van der Waals surface area contributed by atoms with Gasteiger partial charge in [-0.05, 0) is 25.7 Å². The number of quaternary nitrogens is 1. The van der Waals surface area contributed by atoms with Gasteiger partial charge in [0.15, 0.2) is 0 Å². The van der Waals surface area contributed by atoms with E-state index in [0.717, 1.165) is 5.92 Å². The minimum Gasteiger partial charge on any atom is -1.00 e. The molecule has 0 aliphatic carbocycles. The number of rotatable bonds is 6. The monoisotopic (exact) mass is 233 g/mol. The average molecular weight is 234 g/mol. The lowest BCUT2D eigenvalue weighted by Gasteiger charge is -2.27. The zero-order chi connectivity index (χ0) is 10.2. The molecular formula is C13H28ClN. The molecule has 1 rings (SSSR count). The molecule has 1 aliphatic rings. The molecule has 1 saturated heterocycles. The van der Waals surface area contributed by atoms with Crippen molar-refractivity contribution in [2.24, 2.45) is 5.92 Å². The van der Waals surface area contributed by atoms with Gasteiger partial charge in [-0.3, -0.25) is 0 Å². The third-order valence-corrected chi connectivity index (χ3v) is 3.50. The first-order valence-electron chi connectivity index (χ1n) is 6.66. The normalized spacial score (nSPS) is 26.0. The van der Waals surface area contributed by atoms with Crippen molar-refractivity contribution in [2.45, 2.75) is 58.8 Å². The van der Waals surface area contributed by atoms with E-state index in [0.29, 0.717) is 0 Å². The summed E-state index contributed by atoms with van der Waals surface area (Å²) in [7, 11) is 0. The van der Waals surface area contributed by atoms with Gasteiger partial charge in [0.25, 0.3) is 0 Å². The average Bonchev–Trinajstić information content (AvgIpc) is 2.18. The Hall–Kier alpha value is 0.250. The predicted molar refractivity (Wildman–Crippen MR) is 62.7 cm³/mol. The van der Waals surface area contributed by atoms with Crippen LogP contribution in [0.25, 0.3) is 0 Å². The molecule has 92 valence electrons. The lowest BCUT2D eigenvalue weighted by Crippen LogP contribution is -3.13. The van der Waals surface area contributed by atoms with Gasteiger partial charge in [-0.25, -0.2) is 0 Å². The molecule has 1 N–H and O–H groups in total. The van der Waals surface area contributed by atoms with Gasteiger partial charge >= 0.3 is 0 Å². The molecule has 1 aliphatic heterocycles. The second-order valence-corrected chi connectivity index (χ2v) is 5.12. The fourth-order valence-corrected chi connectivity index (χ4v) is 2.60. The number of likely N-dealkylation sites (tertiary alicyclic amines) is 1. The van der Waals surface area contributed by atoms with E-state index in [4.69, 9.17) is 0 Å². The summed E-state index contributed by atoms with van der Waals surface area (Å²) >= 11 is 0. The van der Waals surface area contributed by atoms with Crippen molar-refractivity contribution >= 4 is 0 Å². The molecular weight excluding hydrogens is 206 g/mol. The molecule has 0 bridgehead atoms. The molecule has 0 aromatic rings. The quantitative estimate of drug-likeness (QED) is 0.578. The van der Waals surface area contributed by atoms with Gasteiger partial charge in [0.1, 0.15) is 0 Å². The smallest absolute Gasteiger partial charge is 0.0796 e. The second kappa shape index (κ2) is 9.47. The molecule has 0 aromatic heterocycles. The summed E-state index contributed by atoms with van der Waals surface area (Å²) in [5, 5.41) is 0. The molecule has 2 heteroatoms. The lowest BCUT2D eigenvalue weighted by molar-refractivity contribution is -0.908. The molecule has 0 aromatic carbocycles. The number of hydrogen-bond donors (Lipinski definition) is 1. The highest BCUT2D eigenvalue weighted by atomic mass is 35.5. The van der Waals surface area contributed by atoms with E-state index < -0.39 is 0 Å². The maximum Gasteiger partial charge on any atom is 0.0796 e. The Balaban J connectivity index is 0.00000196. The van der Waals surface area contributed by atoms with Crippen LogP contribution in [0.2, 0.25) is 0 Å². The van der Waals surface area contributed by atoms with Crippen LogP contribution >= 0.6 is 0 Å². The lowest BCUT2D eigenvalue weighted by atomic mass is 10.00. The molecule has 2 unspecified atom stereocenters. The first-order chi connectivity index (χ1) is 6.83. The Morgan fingerprint density at radius 3 is 2.53 bits per heavy atom. The van der Waals surface area contributed by atoms with Crippen molar-refractivity contribution < 1.29 is 17.3 Å². The summed E-state index contributed by atoms with van der Waals surface area (Å²) in [6, 6.07) is 0. The van der Waals surface area contributed by atoms with E-state index in [-0.39, 0.29) is 12.4 Å². The van der Waals surface area contributed by atoms with Crippen molar-refractivity contribution in [1.82, 2.24) is 0 Å². The molecule has 15 heavy (non-hydrogen) atoms. The zero-order valence-corrected chi connectivity index (χ0v) is 11.3. The van der Waals surface area contributed by atoms with Gasteiger partial charge in [-0.15, -0.1) is 0 Å². The summed E-state index contributed by atoms with van der Waals surface area (Å²) in [6.45, 7) is 9.02. The Bertz CT molecular complexity index is 138. The highest BCUT2D eigenvalue weighted by Crippen LogP contribution is 2.05. The molecule has 1 fully saturated rings. The minimum absolute atomic E-state index is 0. The van der Waals surface area contributed by atoms with Crippen molar-refractivity contribution in [2.75, 3.05) is 19.6 Å². The molecule has 1 heterocycles. The summed E-state index contributed by atoms with van der Waals surface area (Å²) in [6.07, 6.45) is 10.1. The number of nitrogens with one attached hydrogen (secondary N) is 1. The van der Waals surface area contributed by atoms with Gasteiger partial charge < -0.3 is 17.3 Å². The Kier molecular flexibility index (Phi) is 9.63. The topological polar surface area (TPSA) is 4.44 Å². The van der Waals surface area contributed by atoms with Crippen molar-refractivity contribution in [3.05, 3.63) is 0 Å². The van der Waals surface area contributed by atoms with Crippen LogP contribution in [0.3, 0.4) is 0 Å². The highest BCUT2D eigenvalue weighted by Gasteiger charge is 2.18. The highest BCUT2D eigenvalue weighted by molar-refractivity contribution is 4.55. The van der Waals surface area contributed by atoms with Crippen LogP contribution in [0.4, 0.5) is 0 Å². The van der Waals surface area contributed by atoms with E-state index in [1.807, 2.05) is 4.90 Å². The zero-order valence-electron chi connectivity index (χ0n) is 10.5. The summed E-state index contributed by atoms with van der Waals surface area (Å²) < 4.78 is 0. The fourth-order valence-electron chi connectivity index (χ4n) is 2.60. The number of halogens is 1. The van der Waals surface area contributed by atoms with Crippen LogP contribution in [0, 0.1) is 5.92 Å². The molecule has 2 atom stereocenters.